The van der Waals surface area contributed by atoms with Gasteiger partial charge in [-0.3, -0.25) is 9.48 Å². The fraction of sp³-hybridized carbons (Fsp3) is 0.231. The number of hydrogen-bond acceptors (Lipinski definition) is 4. The quantitative estimate of drug-likeness (QED) is 0.349. The first kappa shape index (κ1) is 22.7. The van der Waals surface area contributed by atoms with Crippen molar-refractivity contribution >= 4 is 23.2 Å². The molecule has 0 atom stereocenters. The molecule has 1 N–H and O–H groups in total. The molecule has 0 aliphatic rings. The Morgan fingerprint density at radius 1 is 1.09 bits per heavy atom. The van der Waals surface area contributed by atoms with Crippen molar-refractivity contribution in [3.63, 3.8) is 0 Å². The number of nitrogens with one attached hydrogen (secondary N) is 1. The van der Waals surface area contributed by atoms with Crippen LogP contribution in [0, 0.1) is 0 Å². The second-order valence-corrected chi connectivity index (χ2v) is 9.21. The highest BCUT2D eigenvalue weighted by Crippen LogP contribution is 2.25. The molecule has 2 heterocycles. The third-order valence-electron chi connectivity index (χ3n) is 5.17. The highest BCUT2D eigenvalue weighted by atomic mass is 35.5. The van der Waals surface area contributed by atoms with Crippen molar-refractivity contribution in [3.05, 3.63) is 101 Å². The molecule has 2 aromatic heterocycles. The molecule has 0 radical (unpaired) electrons. The van der Waals surface area contributed by atoms with Crippen molar-refractivity contribution in [3.8, 4) is 5.75 Å². The van der Waals surface area contributed by atoms with Crippen LogP contribution in [0.4, 0.5) is 5.69 Å². The van der Waals surface area contributed by atoms with Crippen molar-refractivity contribution in [1.29, 1.82) is 0 Å². The minimum absolute atomic E-state index is 0.0902. The van der Waals surface area contributed by atoms with Crippen molar-refractivity contribution in [1.82, 2.24) is 9.78 Å². The van der Waals surface area contributed by atoms with Crippen LogP contribution in [0.1, 0.15) is 48.2 Å². The second-order valence-electron chi connectivity index (χ2n) is 8.80. The highest BCUT2D eigenvalue weighted by Gasteiger charge is 2.15. The minimum Gasteiger partial charge on any atom is -0.486 e. The Bertz CT molecular complexity index is 1240. The van der Waals surface area contributed by atoms with Gasteiger partial charge in [-0.15, -0.1) is 0 Å². The van der Waals surface area contributed by atoms with Gasteiger partial charge in [0.05, 0.1) is 18.4 Å². The summed E-state index contributed by atoms with van der Waals surface area (Å²) >= 11 is 6.20. The second kappa shape index (κ2) is 9.55. The van der Waals surface area contributed by atoms with E-state index in [0.717, 1.165) is 11.3 Å². The van der Waals surface area contributed by atoms with Crippen molar-refractivity contribution in [2.45, 2.75) is 39.3 Å². The SMILES string of the molecule is CC(C)(C)c1ccc(OCc2ccc(C(=O)Nc3cnn(Cc4ccccc4Cl)c3)o2)cc1. The molecule has 33 heavy (non-hydrogen) atoms. The minimum atomic E-state index is -0.354. The van der Waals surface area contributed by atoms with E-state index in [2.05, 4.69) is 43.3 Å². The van der Waals surface area contributed by atoms with E-state index in [9.17, 15) is 4.79 Å². The van der Waals surface area contributed by atoms with E-state index in [1.54, 1.807) is 29.2 Å². The number of nitrogens with zero attached hydrogens (tertiary/aromatic N) is 2. The van der Waals surface area contributed by atoms with Crippen LogP contribution in [0.25, 0.3) is 0 Å². The Morgan fingerprint density at radius 2 is 1.85 bits per heavy atom. The Morgan fingerprint density at radius 3 is 2.58 bits per heavy atom. The number of amides is 1. The van der Waals surface area contributed by atoms with Crippen molar-refractivity contribution in [2.75, 3.05) is 5.32 Å². The molecule has 0 bridgehead atoms. The third-order valence-corrected chi connectivity index (χ3v) is 5.54. The van der Waals surface area contributed by atoms with Gasteiger partial charge in [0.15, 0.2) is 5.76 Å². The predicted molar refractivity (Wildman–Crippen MR) is 129 cm³/mol. The molecule has 4 rings (SSSR count). The lowest BCUT2D eigenvalue weighted by Crippen LogP contribution is -2.10. The van der Waals surface area contributed by atoms with Gasteiger partial charge in [-0.2, -0.15) is 5.10 Å². The Hall–Kier alpha value is -3.51. The first-order valence-corrected chi connectivity index (χ1v) is 11.0. The molecule has 0 fully saturated rings. The average molecular weight is 464 g/mol. The molecule has 0 unspecified atom stereocenters. The molecule has 1 amide bonds. The van der Waals surface area contributed by atoms with Gasteiger partial charge >= 0.3 is 0 Å². The summed E-state index contributed by atoms with van der Waals surface area (Å²) in [7, 11) is 0. The number of furan rings is 1. The summed E-state index contributed by atoms with van der Waals surface area (Å²) in [4.78, 5) is 12.6. The zero-order chi connectivity index (χ0) is 23.4. The summed E-state index contributed by atoms with van der Waals surface area (Å²) in [5.74, 6) is 1.16. The lowest BCUT2D eigenvalue weighted by atomic mass is 9.87. The summed E-state index contributed by atoms with van der Waals surface area (Å²) in [5, 5.41) is 7.75. The molecule has 6 nitrogen and oxygen atoms in total. The Labute approximate surface area is 198 Å². The molecule has 4 aromatic rings. The fourth-order valence-electron chi connectivity index (χ4n) is 3.29. The number of rotatable bonds is 7. The molecule has 0 aliphatic heterocycles. The molecular weight excluding hydrogens is 438 g/mol. The first-order valence-electron chi connectivity index (χ1n) is 10.7. The zero-order valence-electron chi connectivity index (χ0n) is 18.8. The van der Waals surface area contributed by atoms with Crippen LogP contribution in [0.2, 0.25) is 5.02 Å². The van der Waals surface area contributed by atoms with Gasteiger partial charge in [0.25, 0.3) is 5.91 Å². The van der Waals surface area contributed by atoms with Gasteiger partial charge in [-0.05, 0) is 46.9 Å². The molecule has 0 spiro atoms. The van der Waals surface area contributed by atoms with Crippen molar-refractivity contribution in [2.24, 2.45) is 0 Å². The van der Waals surface area contributed by atoms with Gasteiger partial charge in [-0.1, -0.05) is 62.7 Å². The maximum Gasteiger partial charge on any atom is 0.291 e. The zero-order valence-corrected chi connectivity index (χ0v) is 19.6. The standard InChI is InChI=1S/C26H26ClN3O3/c1-26(2,3)19-8-10-21(11-9-19)32-17-22-12-13-24(33-22)25(31)29-20-14-28-30(16-20)15-18-6-4-5-7-23(18)27/h4-14,16H,15,17H2,1-3H3,(H,29,31). The number of benzene rings is 2. The molecule has 170 valence electrons. The Kier molecular flexibility index (Phi) is 6.56. The van der Waals surface area contributed by atoms with Gasteiger partial charge in [0.1, 0.15) is 18.1 Å². The van der Waals surface area contributed by atoms with Crippen LogP contribution in [0.5, 0.6) is 5.75 Å². The van der Waals surface area contributed by atoms with E-state index in [4.69, 9.17) is 20.8 Å². The molecular formula is C26H26ClN3O3. The van der Waals surface area contributed by atoms with Crippen LogP contribution >= 0.6 is 11.6 Å². The number of carbonyl (C=O) groups is 1. The number of halogens is 1. The van der Waals surface area contributed by atoms with Crippen LogP contribution < -0.4 is 10.1 Å². The third kappa shape index (κ3) is 5.84. The first-order chi connectivity index (χ1) is 15.8. The van der Waals surface area contributed by atoms with E-state index >= 15 is 0 Å². The van der Waals surface area contributed by atoms with Crippen LogP contribution in [-0.2, 0) is 18.6 Å². The maximum absolute atomic E-state index is 12.6. The van der Waals surface area contributed by atoms with Gasteiger partial charge in [-0.25, -0.2) is 0 Å². The number of carbonyl (C=O) groups excluding carboxylic acids is 1. The van der Waals surface area contributed by atoms with E-state index in [1.165, 1.54) is 5.56 Å². The van der Waals surface area contributed by atoms with E-state index < -0.39 is 0 Å². The number of anilines is 1. The average Bonchev–Trinajstić information content (AvgIpc) is 3.43. The summed E-state index contributed by atoms with van der Waals surface area (Å²) in [6, 6.07) is 18.9. The smallest absolute Gasteiger partial charge is 0.291 e. The summed E-state index contributed by atoms with van der Waals surface area (Å²) in [5.41, 5.74) is 2.85. The molecule has 0 aliphatic carbocycles. The number of hydrogen-bond donors (Lipinski definition) is 1. The molecule has 0 saturated heterocycles. The summed E-state index contributed by atoms with van der Waals surface area (Å²) < 4.78 is 13.2. The van der Waals surface area contributed by atoms with Gasteiger partial charge in [0, 0.05) is 11.2 Å². The highest BCUT2D eigenvalue weighted by molar-refractivity contribution is 6.31. The van der Waals surface area contributed by atoms with E-state index in [1.807, 2.05) is 36.4 Å². The van der Waals surface area contributed by atoms with Crippen molar-refractivity contribution < 1.29 is 13.9 Å². The van der Waals surface area contributed by atoms with E-state index in [0.29, 0.717) is 23.0 Å². The molecule has 0 saturated carbocycles. The maximum atomic E-state index is 12.6. The largest absolute Gasteiger partial charge is 0.486 e. The molecule has 7 heteroatoms. The van der Waals surface area contributed by atoms with Gasteiger partial charge < -0.3 is 14.5 Å². The van der Waals surface area contributed by atoms with Crippen LogP contribution in [0.3, 0.4) is 0 Å². The normalized spacial score (nSPS) is 11.4. The lowest BCUT2D eigenvalue weighted by Gasteiger charge is -2.19. The van der Waals surface area contributed by atoms with Crippen LogP contribution in [0.15, 0.2) is 77.5 Å². The summed E-state index contributed by atoms with van der Waals surface area (Å²) in [6.45, 7) is 7.25. The predicted octanol–water partition coefficient (Wildman–Crippen LogP) is 6.31. The number of ether oxygens (including phenoxy) is 1. The lowest BCUT2D eigenvalue weighted by molar-refractivity contribution is 0.0992. The molecule has 2 aromatic carbocycles. The number of aromatic nitrogens is 2. The monoisotopic (exact) mass is 463 g/mol. The van der Waals surface area contributed by atoms with Crippen LogP contribution in [-0.4, -0.2) is 15.7 Å². The topological polar surface area (TPSA) is 69.3 Å². The summed E-state index contributed by atoms with van der Waals surface area (Å²) in [6.07, 6.45) is 3.33. The fourth-order valence-corrected chi connectivity index (χ4v) is 3.49. The van der Waals surface area contributed by atoms with E-state index in [-0.39, 0.29) is 23.7 Å². The Balaban J connectivity index is 1.32. The van der Waals surface area contributed by atoms with Gasteiger partial charge in [0.2, 0.25) is 0 Å².